The van der Waals surface area contributed by atoms with E-state index in [2.05, 4.69) is 14.9 Å². The largest absolute Gasteiger partial charge is 0.380 e. The highest BCUT2D eigenvalue weighted by Gasteiger charge is 2.08. The number of ether oxygens (including phenoxy) is 1. The molecule has 124 valence electrons. The third kappa shape index (κ3) is 3.46. The molecule has 1 aromatic heterocycles. The van der Waals surface area contributed by atoms with Crippen LogP contribution in [0.15, 0.2) is 48.5 Å². The van der Waals surface area contributed by atoms with Crippen molar-refractivity contribution in [3.63, 3.8) is 0 Å². The zero-order valence-corrected chi connectivity index (χ0v) is 14.0. The van der Waals surface area contributed by atoms with Gasteiger partial charge in [-0.2, -0.15) is 0 Å². The topological polar surface area (TPSA) is 56.1 Å². The highest BCUT2D eigenvalue weighted by atomic mass is 16.5. The number of hydrogen-bond acceptors (Lipinski definition) is 3. The Morgan fingerprint density at radius 1 is 1.17 bits per heavy atom. The quantitative estimate of drug-likeness (QED) is 0.759. The molecule has 0 spiro atoms. The van der Waals surface area contributed by atoms with Crippen LogP contribution in [0.4, 0.5) is 0 Å². The fourth-order valence-electron chi connectivity index (χ4n) is 2.78. The number of para-hydroxylation sites is 2. The monoisotopic (exact) mass is 323 g/mol. The van der Waals surface area contributed by atoms with Crippen molar-refractivity contribution in [1.29, 1.82) is 0 Å². The van der Waals surface area contributed by atoms with E-state index in [9.17, 15) is 4.79 Å². The molecule has 0 unspecified atom stereocenters. The van der Waals surface area contributed by atoms with Gasteiger partial charge in [-0.15, -0.1) is 0 Å². The van der Waals surface area contributed by atoms with Gasteiger partial charge >= 0.3 is 0 Å². The zero-order chi connectivity index (χ0) is 16.9. The summed E-state index contributed by atoms with van der Waals surface area (Å²) in [6, 6.07) is 15.5. The molecule has 24 heavy (non-hydrogen) atoms. The fraction of sp³-hybridized carbons (Fsp3) is 0.263. The molecular formula is C19H21N3O2. The molecule has 1 heterocycles. The van der Waals surface area contributed by atoms with Crippen LogP contribution in [0.2, 0.25) is 0 Å². The molecule has 5 nitrogen and oxygen atoms in total. The minimum atomic E-state index is -0.0685. The van der Waals surface area contributed by atoms with Gasteiger partial charge in [-0.05, 0) is 36.8 Å². The highest BCUT2D eigenvalue weighted by Crippen LogP contribution is 2.14. The standard InChI is InChI=1S/C19H21N3O2/c1-14-21-17-5-3-4-6-18(17)22(14)12-11-20-19(23)16-9-7-15(8-10-16)13-24-2/h3-10H,11-13H2,1-2H3,(H,20,23). The molecule has 0 aliphatic rings. The predicted molar refractivity (Wildman–Crippen MR) is 94.0 cm³/mol. The van der Waals surface area contributed by atoms with Crippen molar-refractivity contribution in [2.45, 2.75) is 20.1 Å². The minimum absolute atomic E-state index is 0.0685. The van der Waals surface area contributed by atoms with Crippen molar-refractivity contribution < 1.29 is 9.53 Å². The Bertz CT molecular complexity index is 837. The molecule has 3 aromatic rings. The van der Waals surface area contributed by atoms with Crippen LogP contribution in [-0.4, -0.2) is 29.1 Å². The second-order valence-electron chi connectivity index (χ2n) is 5.69. The van der Waals surface area contributed by atoms with Crippen LogP contribution in [-0.2, 0) is 17.9 Å². The number of aromatic nitrogens is 2. The van der Waals surface area contributed by atoms with E-state index < -0.39 is 0 Å². The van der Waals surface area contributed by atoms with Crippen molar-refractivity contribution in [3.8, 4) is 0 Å². The van der Waals surface area contributed by atoms with E-state index in [-0.39, 0.29) is 5.91 Å². The van der Waals surface area contributed by atoms with Crippen LogP contribution < -0.4 is 5.32 Å². The highest BCUT2D eigenvalue weighted by molar-refractivity contribution is 5.94. The normalized spacial score (nSPS) is 10.9. The molecule has 1 amide bonds. The van der Waals surface area contributed by atoms with Gasteiger partial charge in [-0.3, -0.25) is 4.79 Å². The summed E-state index contributed by atoms with van der Waals surface area (Å²) in [5.41, 5.74) is 3.78. The first-order valence-electron chi connectivity index (χ1n) is 7.97. The van der Waals surface area contributed by atoms with Crippen LogP contribution in [0.25, 0.3) is 11.0 Å². The smallest absolute Gasteiger partial charge is 0.251 e. The Labute approximate surface area is 141 Å². The maximum Gasteiger partial charge on any atom is 0.251 e. The minimum Gasteiger partial charge on any atom is -0.380 e. The van der Waals surface area contributed by atoms with Crippen molar-refractivity contribution in [2.24, 2.45) is 0 Å². The molecule has 0 atom stereocenters. The maximum absolute atomic E-state index is 12.2. The van der Waals surface area contributed by atoms with E-state index in [1.165, 1.54) is 0 Å². The molecule has 2 aromatic carbocycles. The number of imidazole rings is 1. The average Bonchev–Trinajstić information content (AvgIpc) is 2.91. The summed E-state index contributed by atoms with van der Waals surface area (Å²) in [6.45, 7) is 3.78. The number of carbonyl (C=O) groups excluding carboxylic acids is 1. The summed E-state index contributed by atoms with van der Waals surface area (Å²) >= 11 is 0. The summed E-state index contributed by atoms with van der Waals surface area (Å²) in [5, 5.41) is 2.96. The predicted octanol–water partition coefficient (Wildman–Crippen LogP) is 2.92. The van der Waals surface area contributed by atoms with Gasteiger partial charge in [0, 0.05) is 25.8 Å². The number of rotatable bonds is 6. The summed E-state index contributed by atoms with van der Waals surface area (Å²) < 4.78 is 7.19. The van der Waals surface area contributed by atoms with Crippen LogP contribution >= 0.6 is 0 Å². The van der Waals surface area contributed by atoms with Crippen molar-refractivity contribution in [1.82, 2.24) is 14.9 Å². The van der Waals surface area contributed by atoms with E-state index >= 15 is 0 Å². The number of benzene rings is 2. The van der Waals surface area contributed by atoms with E-state index in [0.717, 1.165) is 22.4 Å². The molecular weight excluding hydrogens is 302 g/mol. The van der Waals surface area contributed by atoms with Gasteiger partial charge in [-0.1, -0.05) is 24.3 Å². The lowest BCUT2D eigenvalue weighted by Crippen LogP contribution is -2.27. The lowest BCUT2D eigenvalue weighted by molar-refractivity contribution is 0.0952. The molecule has 5 heteroatoms. The summed E-state index contributed by atoms with van der Waals surface area (Å²) in [7, 11) is 1.66. The molecule has 0 saturated carbocycles. The van der Waals surface area contributed by atoms with Gasteiger partial charge in [-0.25, -0.2) is 4.98 Å². The number of nitrogens with one attached hydrogen (secondary N) is 1. The summed E-state index contributed by atoms with van der Waals surface area (Å²) in [5.74, 6) is 0.885. The number of hydrogen-bond donors (Lipinski definition) is 1. The third-order valence-corrected chi connectivity index (χ3v) is 3.99. The number of nitrogens with zero attached hydrogens (tertiary/aromatic N) is 2. The van der Waals surface area contributed by atoms with Gasteiger partial charge < -0.3 is 14.6 Å². The number of aryl methyl sites for hydroxylation is 1. The molecule has 0 fully saturated rings. The average molecular weight is 323 g/mol. The molecule has 0 bridgehead atoms. The Balaban J connectivity index is 1.61. The summed E-state index contributed by atoms with van der Waals surface area (Å²) in [6.07, 6.45) is 0. The summed E-state index contributed by atoms with van der Waals surface area (Å²) in [4.78, 5) is 16.8. The second-order valence-corrected chi connectivity index (χ2v) is 5.69. The molecule has 3 rings (SSSR count). The van der Waals surface area contributed by atoms with E-state index in [1.54, 1.807) is 7.11 Å². The van der Waals surface area contributed by atoms with E-state index in [0.29, 0.717) is 25.3 Å². The number of carbonyl (C=O) groups is 1. The Morgan fingerprint density at radius 2 is 1.92 bits per heavy atom. The molecule has 1 N–H and O–H groups in total. The van der Waals surface area contributed by atoms with Crippen molar-refractivity contribution in [3.05, 3.63) is 65.5 Å². The first-order chi connectivity index (χ1) is 11.7. The molecule has 0 aliphatic heterocycles. The van der Waals surface area contributed by atoms with Gasteiger partial charge in [0.05, 0.1) is 17.6 Å². The van der Waals surface area contributed by atoms with Crippen LogP contribution in [0, 0.1) is 6.92 Å². The Kier molecular flexibility index (Phi) is 4.91. The SMILES string of the molecule is COCc1ccc(C(=O)NCCn2c(C)nc3ccccc32)cc1. The van der Waals surface area contributed by atoms with Crippen LogP contribution in [0.1, 0.15) is 21.7 Å². The Hall–Kier alpha value is -2.66. The lowest BCUT2D eigenvalue weighted by atomic mass is 10.1. The van der Waals surface area contributed by atoms with Gasteiger partial charge in [0.15, 0.2) is 0 Å². The van der Waals surface area contributed by atoms with Gasteiger partial charge in [0.1, 0.15) is 5.82 Å². The second kappa shape index (κ2) is 7.27. The zero-order valence-electron chi connectivity index (χ0n) is 14.0. The van der Waals surface area contributed by atoms with Crippen molar-refractivity contribution in [2.75, 3.05) is 13.7 Å². The van der Waals surface area contributed by atoms with Crippen LogP contribution in [0.3, 0.4) is 0 Å². The third-order valence-electron chi connectivity index (χ3n) is 3.99. The molecule has 0 aliphatic carbocycles. The van der Waals surface area contributed by atoms with Gasteiger partial charge in [0.2, 0.25) is 0 Å². The van der Waals surface area contributed by atoms with Gasteiger partial charge in [0.25, 0.3) is 5.91 Å². The van der Waals surface area contributed by atoms with Crippen molar-refractivity contribution >= 4 is 16.9 Å². The maximum atomic E-state index is 12.2. The fourth-order valence-corrected chi connectivity index (χ4v) is 2.78. The number of amides is 1. The first kappa shape index (κ1) is 16.2. The Morgan fingerprint density at radius 3 is 2.67 bits per heavy atom. The molecule has 0 radical (unpaired) electrons. The van der Waals surface area contributed by atoms with E-state index in [1.807, 2.05) is 55.5 Å². The van der Waals surface area contributed by atoms with E-state index in [4.69, 9.17) is 4.74 Å². The number of methoxy groups -OCH3 is 1. The number of fused-ring (bicyclic) bond motifs is 1. The molecule has 0 saturated heterocycles. The first-order valence-corrected chi connectivity index (χ1v) is 7.97. The van der Waals surface area contributed by atoms with Crippen LogP contribution in [0.5, 0.6) is 0 Å². The lowest BCUT2D eigenvalue weighted by Gasteiger charge is -2.09.